The summed E-state index contributed by atoms with van der Waals surface area (Å²) in [5.74, 6) is 0.232. The predicted molar refractivity (Wildman–Crippen MR) is 423 cm³/mol. The van der Waals surface area contributed by atoms with Gasteiger partial charge in [-0.1, -0.05) is 389 Å². The highest BCUT2D eigenvalue weighted by Gasteiger charge is 2.30. The molecule has 0 rings (SSSR count). The number of unbranched alkanes of at least 4 members (excludes halogenated alkanes) is 49. The lowest BCUT2D eigenvalue weighted by Crippen LogP contribution is -2.30. The van der Waals surface area contributed by atoms with E-state index in [0.717, 1.165) is 114 Å². The summed E-state index contributed by atoms with van der Waals surface area (Å²) in [5, 5.41) is 10.7. The van der Waals surface area contributed by atoms with Gasteiger partial charge in [0.25, 0.3) is 0 Å². The number of carbonyl (C=O) groups excluding carboxylic acids is 4. The van der Waals surface area contributed by atoms with E-state index >= 15 is 0 Å². The number of carbonyl (C=O) groups is 4. The Kier molecular flexibility index (Phi) is 72.8. The van der Waals surface area contributed by atoms with Gasteiger partial charge in [-0.05, 0) is 43.4 Å². The Labute approximate surface area is 632 Å². The molecule has 0 aliphatic rings. The summed E-state index contributed by atoms with van der Waals surface area (Å²) in [6.07, 6.45) is 63.8. The monoisotopic (exact) mass is 1510 g/mol. The summed E-state index contributed by atoms with van der Waals surface area (Å²) in [6.45, 7) is 12.0. The molecule has 0 aromatic rings. The van der Waals surface area contributed by atoms with Crippen molar-refractivity contribution in [3.8, 4) is 0 Å². The van der Waals surface area contributed by atoms with Crippen molar-refractivity contribution in [2.75, 3.05) is 39.6 Å². The first-order chi connectivity index (χ1) is 49.8. The molecule has 103 heavy (non-hydrogen) atoms. The molecule has 0 spiro atoms. The maximum Gasteiger partial charge on any atom is 0.472 e. The summed E-state index contributed by atoms with van der Waals surface area (Å²) >= 11 is 0. The van der Waals surface area contributed by atoms with E-state index in [-0.39, 0.29) is 25.7 Å². The number of aliphatic hydroxyl groups is 1. The Hall–Kier alpha value is -1.94. The van der Waals surface area contributed by atoms with E-state index in [1.165, 1.54) is 244 Å². The Morgan fingerprint density at radius 1 is 0.282 bits per heavy atom. The highest BCUT2D eigenvalue weighted by molar-refractivity contribution is 7.47. The third-order valence-electron chi connectivity index (χ3n) is 20.0. The second kappa shape index (κ2) is 74.2. The standard InChI is InChI=1S/C84H164O17P2/c1-8-10-11-12-13-14-15-16-17-18-22-29-34-39-44-53-61-68-84(89)101-80(72-95-82(87)66-59-52-47-46-50-57-64-77(7)9-2)74-99-103(92,93)97-70-78(85)69-96-102(90,91)98-73-79(71-94-81(86)65-58-51-43-38-33-28-25-24-27-32-37-42-49-56-63-76(5)6)100-83(88)67-60-54-45-40-35-30-23-20-19-21-26-31-36-41-48-55-62-75(3)4/h75-80,85H,8-74H2,1-7H3,(H,90,91)(H,92,93)/t77?,78-,79-,80-/m1/s1. The largest absolute Gasteiger partial charge is 0.472 e. The van der Waals surface area contributed by atoms with Crippen molar-refractivity contribution in [2.45, 2.75) is 458 Å². The van der Waals surface area contributed by atoms with E-state index in [1.807, 2.05) is 0 Å². The van der Waals surface area contributed by atoms with Crippen molar-refractivity contribution >= 4 is 39.5 Å². The lowest BCUT2D eigenvalue weighted by atomic mass is 10.00. The van der Waals surface area contributed by atoms with Gasteiger partial charge in [0.2, 0.25) is 0 Å². The number of phosphoric acid groups is 2. The molecule has 612 valence electrons. The van der Waals surface area contributed by atoms with E-state index in [4.69, 9.17) is 37.0 Å². The molecule has 0 amide bonds. The van der Waals surface area contributed by atoms with Crippen LogP contribution in [0.5, 0.6) is 0 Å². The number of phosphoric ester groups is 2. The van der Waals surface area contributed by atoms with Gasteiger partial charge in [-0.25, -0.2) is 9.13 Å². The van der Waals surface area contributed by atoms with Gasteiger partial charge in [0, 0.05) is 25.7 Å². The van der Waals surface area contributed by atoms with Gasteiger partial charge in [0.15, 0.2) is 12.2 Å². The lowest BCUT2D eigenvalue weighted by Gasteiger charge is -2.21. The van der Waals surface area contributed by atoms with Crippen molar-refractivity contribution in [1.82, 2.24) is 0 Å². The van der Waals surface area contributed by atoms with E-state index in [1.54, 1.807) is 0 Å². The molecule has 0 aliphatic heterocycles. The molecule has 0 saturated heterocycles. The van der Waals surface area contributed by atoms with Gasteiger partial charge in [-0.15, -0.1) is 0 Å². The normalized spacial score (nSPS) is 14.2. The smallest absolute Gasteiger partial charge is 0.462 e. The minimum absolute atomic E-state index is 0.108. The average molecular weight is 1510 g/mol. The van der Waals surface area contributed by atoms with Crippen LogP contribution in [0, 0.1) is 17.8 Å². The molecule has 17 nitrogen and oxygen atoms in total. The maximum atomic E-state index is 13.1. The highest BCUT2D eigenvalue weighted by Crippen LogP contribution is 2.45. The van der Waals surface area contributed by atoms with Gasteiger partial charge in [-0.2, -0.15) is 0 Å². The van der Waals surface area contributed by atoms with Crippen molar-refractivity contribution in [3.05, 3.63) is 0 Å². The highest BCUT2D eigenvalue weighted by atomic mass is 31.2. The van der Waals surface area contributed by atoms with Crippen molar-refractivity contribution < 1.29 is 80.2 Å². The van der Waals surface area contributed by atoms with Crippen LogP contribution in [-0.4, -0.2) is 96.7 Å². The molecule has 3 unspecified atom stereocenters. The number of rotatable bonds is 82. The third kappa shape index (κ3) is 76.6. The topological polar surface area (TPSA) is 237 Å². The molecule has 0 saturated carbocycles. The Balaban J connectivity index is 5.24. The summed E-state index contributed by atoms with van der Waals surface area (Å²) in [4.78, 5) is 73.2. The van der Waals surface area contributed by atoms with Gasteiger partial charge < -0.3 is 33.8 Å². The van der Waals surface area contributed by atoms with Crippen molar-refractivity contribution in [3.63, 3.8) is 0 Å². The summed E-state index contributed by atoms with van der Waals surface area (Å²) in [6, 6.07) is 0. The fourth-order valence-electron chi connectivity index (χ4n) is 13.0. The SMILES string of the molecule is CCCCCCCCCCCCCCCCCCCC(=O)O[C@H](COC(=O)CCCCCCCCC(C)CC)COP(=O)(O)OC[C@H](O)COP(=O)(O)OC[C@@H](COC(=O)CCCCCCCCCCCCCCCCC(C)C)OC(=O)CCCCCCCCCCCCCCCCCCC(C)C. The van der Waals surface area contributed by atoms with Crippen LogP contribution < -0.4 is 0 Å². The molecule has 19 heteroatoms. The first kappa shape index (κ1) is 101. The summed E-state index contributed by atoms with van der Waals surface area (Å²) in [7, 11) is -9.93. The molecule has 0 aromatic heterocycles. The number of ether oxygens (including phenoxy) is 4. The Morgan fingerprint density at radius 2 is 0.495 bits per heavy atom. The minimum Gasteiger partial charge on any atom is -0.462 e. The van der Waals surface area contributed by atoms with Crippen LogP contribution in [-0.2, 0) is 65.4 Å². The lowest BCUT2D eigenvalue weighted by molar-refractivity contribution is -0.161. The van der Waals surface area contributed by atoms with Crippen LogP contribution in [0.2, 0.25) is 0 Å². The second-order valence-electron chi connectivity index (χ2n) is 31.4. The second-order valence-corrected chi connectivity index (χ2v) is 34.3. The van der Waals surface area contributed by atoms with Gasteiger partial charge in [0.05, 0.1) is 26.4 Å². The quantitative estimate of drug-likeness (QED) is 0.0222. The van der Waals surface area contributed by atoms with Crippen LogP contribution in [0.15, 0.2) is 0 Å². The van der Waals surface area contributed by atoms with E-state index in [2.05, 4.69) is 48.5 Å². The van der Waals surface area contributed by atoms with Crippen LogP contribution >= 0.6 is 15.6 Å². The zero-order valence-electron chi connectivity index (χ0n) is 67.8. The molecule has 0 bridgehead atoms. The first-order valence-electron chi connectivity index (χ1n) is 43.4. The zero-order valence-corrected chi connectivity index (χ0v) is 69.6. The molecular formula is C84H164O17P2. The number of hydrogen-bond acceptors (Lipinski definition) is 15. The molecule has 0 radical (unpaired) electrons. The fraction of sp³-hybridized carbons (Fsp3) is 0.952. The van der Waals surface area contributed by atoms with Crippen molar-refractivity contribution in [1.29, 1.82) is 0 Å². The van der Waals surface area contributed by atoms with Crippen LogP contribution in [0.25, 0.3) is 0 Å². The van der Waals surface area contributed by atoms with Crippen LogP contribution in [0.4, 0.5) is 0 Å². The van der Waals surface area contributed by atoms with E-state index in [9.17, 15) is 43.2 Å². The average Bonchev–Trinajstić information content (AvgIpc) is 0.912. The molecule has 0 fully saturated rings. The van der Waals surface area contributed by atoms with Crippen LogP contribution in [0.1, 0.15) is 440 Å². The fourth-order valence-corrected chi connectivity index (χ4v) is 14.6. The third-order valence-corrected chi connectivity index (χ3v) is 21.9. The molecule has 6 atom stereocenters. The molecular weight excluding hydrogens is 1340 g/mol. The minimum atomic E-state index is -4.96. The predicted octanol–water partition coefficient (Wildman–Crippen LogP) is 25.3. The van der Waals surface area contributed by atoms with E-state index in [0.29, 0.717) is 25.7 Å². The first-order valence-corrected chi connectivity index (χ1v) is 46.4. The van der Waals surface area contributed by atoms with E-state index < -0.39 is 97.5 Å². The number of aliphatic hydroxyl groups excluding tert-OH is 1. The van der Waals surface area contributed by atoms with Gasteiger partial charge in [0.1, 0.15) is 19.3 Å². The van der Waals surface area contributed by atoms with Crippen molar-refractivity contribution in [2.24, 2.45) is 17.8 Å². The molecule has 0 heterocycles. The Morgan fingerprint density at radius 3 is 0.738 bits per heavy atom. The Bertz CT molecular complexity index is 1990. The summed E-state index contributed by atoms with van der Waals surface area (Å²) in [5.41, 5.74) is 0. The zero-order chi connectivity index (χ0) is 75.8. The molecule has 0 aromatic carbocycles. The number of esters is 4. The molecule has 3 N–H and O–H groups in total. The van der Waals surface area contributed by atoms with Gasteiger partial charge in [-0.3, -0.25) is 37.3 Å². The van der Waals surface area contributed by atoms with Gasteiger partial charge >= 0.3 is 39.5 Å². The summed E-state index contributed by atoms with van der Waals surface area (Å²) < 4.78 is 68.8. The number of hydrogen-bond donors (Lipinski definition) is 3. The maximum absolute atomic E-state index is 13.1. The molecule has 0 aliphatic carbocycles. The van der Waals surface area contributed by atoms with Crippen LogP contribution in [0.3, 0.4) is 0 Å².